The summed E-state index contributed by atoms with van der Waals surface area (Å²) in [6, 6.07) is 7.41. The van der Waals surface area contributed by atoms with Gasteiger partial charge in [-0.3, -0.25) is 10.1 Å². The SMILES string of the molecule is CCOC(=O)COc1ccc(CCNC(=O)C2CSCN2)cc1.Cl. The fourth-order valence-electron chi connectivity index (χ4n) is 2.11. The Morgan fingerprint density at radius 1 is 1.33 bits per heavy atom. The zero-order valence-electron chi connectivity index (χ0n) is 13.6. The van der Waals surface area contributed by atoms with Crippen molar-refractivity contribution in [3.05, 3.63) is 29.8 Å². The lowest BCUT2D eigenvalue weighted by atomic mass is 10.1. The molecule has 0 saturated carbocycles. The average molecular weight is 375 g/mol. The first kappa shape index (κ1) is 20.6. The van der Waals surface area contributed by atoms with Gasteiger partial charge in [0.15, 0.2) is 6.61 Å². The van der Waals surface area contributed by atoms with Crippen molar-refractivity contribution in [1.29, 1.82) is 0 Å². The fraction of sp³-hybridized carbons (Fsp3) is 0.500. The van der Waals surface area contributed by atoms with Gasteiger partial charge in [0.1, 0.15) is 5.75 Å². The standard InChI is InChI=1S/C16H22N2O4S.ClH/c1-2-21-15(19)9-22-13-5-3-12(4-6-13)7-8-17-16(20)14-10-23-11-18-14;/h3-6,14,18H,2,7-11H2,1H3,(H,17,20);1H. The molecule has 1 heterocycles. The molecule has 0 aliphatic carbocycles. The molecule has 1 atom stereocenters. The van der Waals surface area contributed by atoms with E-state index in [1.807, 2.05) is 24.3 Å². The zero-order valence-corrected chi connectivity index (χ0v) is 15.2. The van der Waals surface area contributed by atoms with Gasteiger partial charge in [0, 0.05) is 18.2 Å². The number of thioether (sulfide) groups is 1. The van der Waals surface area contributed by atoms with E-state index in [0.717, 1.165) is 23.6 Å². The highest BCUT2D eigenvalue weighted by Crippen LogP contribution is 2.13. The number of nitrogens with one attached hydrogen (secondary N) is 2. The minimum atomic E-state index is -0.377. The molecule has 1 aliphatic rings. The van der Waals surface area contributed by atoms with Crippen LogP contribution in [-0.4, -0.2) is 49.3 Å². The topological polar surface area (TPSA) is 76.7 Å². The number of hydrogen-bond donors (Lipinski definition) is 2. The van der Waals surface area contributed by atoms with Crippen molar-refractivity contribution < 1.29 is 19.1 Å². The Balaban J connectivity index is 0.00000288. The Morgan fingerprint density at radius 2 is 2.08 bits per heavy atom. The van der Waals surface area contributed by atoms with E-state index in [1.165, 1.54) is 0 Å². The number of carbonyl (C=O) groups excluding carboxylic acids is 2. The Hall–Kier alpha value is -1.44. The van der Waals surface area contributed by atoms with E-state index in [9.17, 15) is 9.59 Å². The van der Waals surface area contributed by atoms with Crippen molar-refractivity contribution in [3.8, 4) is 5.75 Å². The van der Waals surface area contributed by atoms with Gasteiger partial charge >= 0.3 is 5.97 Å². The summed E-state index contributed by atoms with van der Waals surface area (Å²) in [7, 11) is 0. The molecule has 1 unspecified atom stereocenters. The number of ether oxygens (including phenoxy) is 2. The smallest absolute Gasteiger partial charge is 0.344 e. The molecule has 0 aromatic heterocycles. The molecule has 8 heteroatoms. The van der Waals surface area contributed by atoms with Crippen LogP contribution < -0.4 is 15.4 Å². The van der Waals surface area contributed by atoms with Crippen molar-refractivity contribution in [1.82, 2.24) is 10.6 Å². The van der Waals surface area contributed by atoms with Gasteiger partial charge in [-0.15, -0.1) is 24.2 Å². The molecule has 0 bridgehead atoms. The highest BCUT2D eigenvalue weighted by molar-refractivity contribution is 7.99. The van der Waals surface area contributed by atoms with Crippen LogP contribution in [0.15, 0.2) is 24.3 Å². The summed E-state index contributed by atoms with van der Waals surface area (Å²) in [6.07, 6.45) is 0.754. The molecule has 1 aromatic rings. The van der Waals surface area contributed by atoms with Crippen LogP contribution in [0.1, 0.15) is 12.5 Å². The van der Waals surface area contributed by atoms with Gasteiger partial charge in [0.05, 0.1) is 12.6 Å². The van der Waals surface area contributed by atoms with Gasteiger partial charge < -0.3 is 14.8 Å². The molecule has 2 rings (SSSR count). The Bertz CT molecular complexity index is 521. The molecular weight excluding hydrogens is 352 g/mol. The van der Waals surface area contributed by atoms with Crippen LogP contribution in [0.3, 0.4) is 0 Å². The van der Waals surface area contributed by atoms with E-state index < -0.39 is 0 Å². The van der Waals surface area contributed by atoms with Crippen molar-refractivity contribution in [2.24, 2.45) is 0 Å². The Labute approximate surface area is 152 Å². The summed E-state index contributed by atoms with van der Waals surface area (Å²) in [6.45, 7) is 2.62. The summed E-state index contributed by atoms with van der Waals surface area (Å²) in [5.74, 6) is 1.98. The maximum Gasteiger partial charge on any atom is 0.344 e. The summed E-state index contributed by atoms with van der Waals surface area (Å²) in [5, 5.41) is 6.08. The normalized spacial score (nSPS) is 16.1. The van der Waals surface area contributed by atoms with Crippen molar-refractivity contribution in [2.75, 3.05) is 31.4 Å². The second kappa shape index (κ2) is 11.2. The first-order valence-electron chi connectivity index (χ1n) is 7.65. The lowest BCUT2D eigenvalue weighted by molar-refractivity contribution is -0.145. The van der Waals surface area contributed by atoms with E-state index in [2.05, 4.69) is 10.6 Å². The number of esters is 1. The molecule has 1 fully saturated rings. The van der Waals surface area contributed by atoms with Crippen LogP contribution in [0.25, 0.3) is 0 Å². The van der Waals surface area contributed by atoms with E-state index in [4.69, 9.17) is 9.47 Å². The molecule has 1 amide bonds. The second-order valence-corrected chi connectivity index (χ2v) is 6.08. The summed E-state index contributed by atoms with van der Waals surface area (Å²) in [4.78, 5) is 23.0. The molecule has 0 radical (unpaired) electrons. The number of amides is 1. The third-order valence-electron chi connectivity index (χ3n) is 3.33. The van der Waals surface area contributed by atoms with Crippen LogP contribution in [0.5, 0.6) is 5.75 Å². The lowest BCUT2D eigenvalue weighted by Gasteiger charge is -2.10. The van der Waals surface area contributed by atoms with Crippen molar-refractivity contribution in [3.63, 3.8) is 0 Å². The third kappa shape index (κ3) is 6.98. The monoisotopic (exact) mass is 374 g/mol. The average Bonchev–Trinajstić information content (AvgIpc) is 3.09. The van der Waals surface area contributed by atoms with Gasteiger partial charge in [0.25, 0.3) is 0 Å². The van der Waals surface area contributed by atoms with Gasteiger partial charge in [-0.2, -0.15) is 0 Å². The first-order chi connectivity index (χ1) is 11.2. The van der Waals surface area contributed by atoms with Crippen molar-refractivity contribution in [2.45, 2.75) is 19.4 Å². The highest BCUT2D eigenvalue weighted by atomic mass is 35.5. The minimum Gasteiger partial charge on any atom is -0.482 e. The number of hydrogen-bond acceptors (Lipinski definition) is 6. The van der Waals surface area contributed by atoms with Crippen LogP contribution in [-0.2, 0) is 20.7 Å². The lowest BCUT2D eigenvalue weighted by Crippen LogP contribution is -2.42. The molecule has 24 heavy (non-hydrogen) atoms. The second-order valence-electron chi connectivity index (χ2n) is 5.05. The van der Waals surface area contributed by atoms with Crippen molar-refractivity contribution >= 4 is 36.0 Å². The molecule has 1 aliphatic heterocycles. The van der Waals surface area contributed by atoms with Crippen LogP contribution in [0.2, 0.25) is 0 Å². The summed E-state index contributed by atoms with van der Waals surface area (Å²) < 4.78 is 10.1. The first-order valence-corrected chi connectivity index (χ1v) is 8.80. The molecule has 134 valence electrons. The number of rotatable bonds is 8. The Kier molecular flexibility index (Phi) is 9.59. The highest BCUT2D eigenvalue weighted by Gasteiger charge is 2.21. The molecule has 6 nitrogen and oxygen atoms in total. The van der Waals surface area contributed by atoms with E-state index in [1.54, 1.807) is 18.7 Å². The van der Waals surface area contributed by atoms with Crippen LogP contribution in [0.4, 0.5) is 0 Å². The molecule has 2 N–H and O–H groups in total. The largest absolute Gasteiger partial charge is 0.482 e. The van der Waals surface area contributed by atoms with Gasteiger partial charge in [0.2, 0.25) is 5.91 Å². The Morgan fingerprint density at radius 3 is 2.71 bits per heavy atom. The molecule has 1 saturated heterocycles. The number of halogens is 1. The van der Waals surface area contributed by atoms with Crippen LogP contribution in [0, 0.1) is 0 Å². The van der Waals surface area contributed by atoms with E-state index in [0.29, 0.717) is 18.9 Å². The third-order valence-corrected chi connectivity index (χ3v) is 4.27. The van der Waals surface area contributed by atoms with E-state index >= 15 is 0 Å². The summed E-state index contributed by atoms with van der Waals surface area (Å²) >= 11 is 1.73. The maximum atomic E-state index is 11.8. The number of benzene rings is 1. The predicted octanol–water partition coefficient (Wildman–Crippen LogP) is 1.37. The molecular formula is C16H23ClN2O4S. The van der Waals surface area contributed by atoms with Gasteiger partial charge in [-0.1, -0.05) is 12.1 Å². The van der Waals surface area contributed by atoms with Gasteiger partial charge in [-0.25, -0.2) is 4.79 Å². The fourth-order valence-corrected chi connectivity index (χ4v) is 3.06. The van der Waals surface area contributed by atoms with Gasteiger partial charge in [-0.05, 0) is 31.0 Å². The minimum absolute atomic E-state index is 0. The molecule has 1 aromatic carbocycles. The maximum absolute atomic E-state index is 11.8. The molecule has 0 spiro atoms. The summed E-state index contributed by atoms with van der Waals surface area (Å²) in [5.41, 5.74) is 1.10. The zero-order chi connectivity index (χ0) is 16.5. The van der Waals surface area contributed by atoms with E-state index in [-0.39, 0.29) is 36.9 Å². The predicted molar refractivity (Wildman–Crippen MR) is 96.8 cm³/mol. The van der Waals surface area contributed by atoms with Crippen LogP contribution >= 0.6 is 24.2 Å². The quantitative estimate of drug-likeness (QED) is 0.669. The number of carbonyl (C=O) groups is 2.